The second-order valence-electron chi connectivity index (χ2n) is 5.57. The molecule has 0 bridgehead atoms. The molecule has 0 saturated heterocycles. The first-order valence-electron chi connectivity index (χ1n) is 7.16. The van der Waals surface area contributed by atoms with Gasteiger partial charge in [0.15, 0.2) is 0 Å². The highest BCUT2D eigenvalue weighted by Crippen LogP contribution is 2.19. The molecule has 1 heterocycles. The molecule has 0 aliphatic heterocycles. The maximum atomic E-state index is 11.6. The van der Waals surface area contributed by atoms with Crippen LogP contribution in [-0.4, -0.2) is 29.7 Å². The smallest absolute Gasteiger partial charge is 0.407 e. The van der Waals surface area contributed by atoms with E-state index in [2.05, 4.69) is 10.3 Å². The van der Waals surface area contributed by atoms with E-state index in [1.165, 1.54) is 0 Å². The van der Waals surface area contributed by atoms with E-state index in [9.17, 15) is 14.7 Å². The van der Waals surface area contributed by atoms with Gasteiger partial charge in [0, 0.05) is 23.5 Å². The van der Waals surface area contributed by atoms with E-state index in [1.54, 1.807) is 6.20 Å². The standard InChI is InChI=1S/C16H20N2O4/c1-10(2)9-22-16(21)18-14(15(19)20)7-11-8-17-13-6-4-3-5-12(11)13/h3-6,8,10,14,17H,7,9H2,1-2H3,(H,18,21)(H,19,20)/p-1/t14-/m0/s1. The van der Waals surface area contributed by atoms with Crippen LogP contribution in [0.4, 0.5) is 4.79 Å². The summed E-state index contributed by atoms with van der Waals surface area (Å²) in [5.74, 6) is -1.16. The van der Waals surface area contributed by atoms with Crippen molar-refractivity contribution in [3.8, 4) is 0 Å². The molecule has 0 saturated carbocycles. The van der Waals surface area contributed by atoms with E-state index in [-0.39, 0.29) is 18.9 Å². The SMILES string of the molecule is CC(C)COC(=O)N[C@@H](Cc1c[nH]c2ccccc12)C(=O)[O-]. The Morgan fingerprint density at radius 1 is 1.32 bits per heavy atom. The van der Waals surface area contributed by atoms with Gasteiger partial charge in [-0.05, 0) is 17.5 Å². The zero-order valence-electron chi connectivity index (χ0n) is 12.6. The monoisotopic (exact) mass is 303 g/mol. The predicted molar refractivity (Wildman–Crippen MR) is 80.1 cm³/mol. The molecule has 1 aromatic heterocycles. The van der Waals surface area contributed by atoms with Crippen molar-refractivity contribution in [2.45, 2.75) is 26.3 Å². The molecule has 0 unspecified atom stereocenters. The summed E-state index contributed by atoms with van der Waals surface area (Å²) in [6.45, 7) is 4.03. The number of fused-ring (bicyclic) bond motifs is 1. The lowest BCUT2D eigenvalue weighted by Gasteiger charge is -2.19. The van der Waals surface area contributed by atoms with Gasteiger partial charge in [-0.15, -0.1) is 0 Å². The van der Waals surface area contributed by atoms with Crippen LogP contribution in [-0.2, 0) is 16.0 Å². The summed E-state index contributed by atoms with van der Waals surface area (Å²) in [6, 6.07) is 6.42. The van der Waals surface area contributed by atoms with Crippen molar-refractivity contribution < 1.29 is 19.4 Å². The minimum Gasteiger partial charge on any atom is -0.548 e. The van der Waals surface area contributed by atoms with Crippen molar-refractivity contribution in [1.82, 2.24) is 10.3 Å². The number of benzene rings is 1. The maximum Gasteiger partial charge on any atom is 0.407 e. The van der Waals surface area contributed by atoms with Crippen LogP contribution in [0.1, 0.15) is 19.4 Å². The zero-order valence-corrected chi connectivity index (χ0v) is 12.6. The summed E-state index contributed by atoms with van der Waals surface area (Å²) in [5.41, 5.74) is 1.71. The van der Waals surface area contributed by atoms with Crippen molar-refractivity contribution in [2.24, 2.45) is 5.92 Å². The number of carboxylic acids is 1. The van der Waals surface area contributed by atoms with Crippen LogP contribution in [0.15, 0.2) is 30.5 Å². The van der Waals surface area contributed by atoms with Gasteiger partial charge in [0.25, 0.3) is 0 Å². The molecule has 1 amide bonds. The number of carbonyl (C=O) groups is 2. The van der Waals surface area contributed by atoms with Gasteiger partial charge < -0.3 is 24.9 Å². The number of rotatable bonds is 6. The average Bonchev–Trinajstić information content (AvgIpc) is 2.87. The Morgan fingerprint density at radius 2 is 2.05 bits per heavy atom. The first kappa shape index (κ1) is 15.9. The van der Waals surface area contributed by atoms with Crippen molar-refractivity contribution in [3.63, 3.8) is 0 Å². The molecule has 0 fully saturated rings. The molecule has 0 aliphatic carbocycles. The fourth-order valence-corrected chi connectivity index (χ4v) is 2.14. The number of aromatic amines is 1. The number of aromatic nitrogens is 1. The Labute approximate surface area is 128 Å². The molecule has 2 rings (SSSR count). The molecule has 118 valence electrons. The highest BCUT2D eigenvalue weighted by molar-refractivity contribution is 5.85. The van der Waals surface area contributed by atoms with Crippen LogP contribution in [0.25, 0.3) is 10.9 Å². The molecular formula is C16H19N2O4-. The Balaban J connectivity index is 2.06. The number of hydrogen-bond donors (Lipinski definition) is 2. The second kappa shape index (κ2) is 6.98. The first-order chi connectivity index (χ1) is 10.5. The number of aliphatic carboxylic acids is 1. The van der Waals surface area contributed by atoms with Crippen molar-refractivity contribution >= 4 is 23.0 Å². The first-order valence-corrected chi connectivity index (χ1v) is 7.16. The highest BCUT2D eigenvalue weighted by Gasteiger charge is 2.17. The molecule has 2 aromatic rings. The summed E-state index contributed by atoms with van der Waals surface area (Å²) >= 11 is 0. The van der Waals surface area contributed by atoms with Gasteiger partial charge in [-0.25, -0.2) is 4.79 Å². The normalized spacial score (nSPS) is 12.3. The quantitative estimate of drug-likeness (QED) is 0.838. The molecule has 1 aromatic carbocycles. The van der Waals surface area contributed by atoms with Gasteiger partial charge in [0.05, 0.1) is 18.6 Å². The fraction of sp³-hybridized carbons (Fsp3) is 0.375. The Morgan fingerprint density at radius 3 is 2.73 bits per heavy atom. The molecule has 22 heavy (non-hydrogen) atoms. The van der Waals surface area contributed by atoms with Crippen molar-refractivity contribution in [2.75, 3.05) is 6.61 Å². The molecule has 0 spiro atoms. The van der Waals surface area contributed by atoms with Gasteiger partial charge in [0.1, 0.15) is 0 Å². The highest BCUT2D eigenvalue weighted by atomic mass is 16.5. The minimum atomic E-state index is -1.34. The zero-order chi connectivity index (χ0) is 16.1. The van der Waals surface area contributed by atoms with E-state index in [1.807, 2.05) is 38.1 Å². The van der Waals surface area contributed by atoms with E-state index in [4.69, 9.17) is 4.74 Å². The Kier molecular flexibility index (Phi) is 5.04. The van der Waals surface area contributed by atoms with Crippen LogP contribution in [0, 0.1) is 5.92 Å². The summed E-state index contributed by atoms with van der Waals surface area (Å²) < 4.78 is 4.94. The number of alkyl carbamates (subject to hydrolysis) is 1. The van der Waals surface area contributed by atoms with Gasteiger partial charge >= 0.3 is 6.09 Å². The Hall–Kier alpha value is -2.50. The van der Waals surface area contributed by atoms with Gasteiger partial charge in [0.2, 0.25) is 0 Å². The molecule has 1 atom stereocenters. The van der Waals surface area contributed by atoms with Gasteiger partial charge in [-0.3, -0.25) is 0 Å². The largest absolute Gasteiger partial charge is 0.548 e. The number of para-hydroxylation sites is 1. The fourth-order valence-electron chi connectivity index (χ4n) is 2.14. The lowest BCUT2D eigenvalue weighted by Crippen LogP contribution is -2.49. The third kappa shape index (κ3) is 4.00. The summed E-state index contributed by atoms with van der Waals surface area (Å²) in [7, 11) is 0. The molecule has 0 radical (unpaired) electrons. The van der Waals surface area contributed by atoms with E-state index in [0.29, 0.717) is 0 Å². The van der Waals surface area contributed by atoms with Crippen molar-refractivity contribution in [3.05, 3.63) is 36.0 Å². The van der Waals surface area contributed by atoms with Gasteiger partial charge in [-0.1, -0.05) is 32.0 Å². The van der Waals surface area contributed by atoms with Gasteiger partial charge in [-0.2, -0.15) is 0 Å². The second-order valence-corrected chi connectivity index (χ2v) is 5.57. The number of carboxylic acid groups (broad SMARTS) is 1. The lowest BCUT2D eigenvalue weighted by molar-refractivity contribution is -0.308. The molecule has 0 aliphatic rings. The molecule has 6 nitrogen and oxygen atoms in total. The van der Waals surface area contributed by atoms with Crippen molar-refractivity contribution in [1.29, 1.82) is 0 Å². The van der Waals surface area contributed by atoms with E-state index < -0.39 is 18.1 Å². The van der Waals surface area contributed by atoms with E-state index >= 15 is 0 Å². The third-order valence-electron chi connectivity index (χ3n) is 3.22. The number of carbonyl (C=O) groups excluding carboxylic acids is 2. The van der Waals surface area contributed by atoms with Crippen LogP contribution in [0.5, 0.6) is 0 Å². The number of amides is 1. The maximum absolute atomic E-state index is 11.6. The number of hydrogen-bond acceptors (Lipinski definition) is 4. The van der Waals surface area contributed by atoms with E-state index in [0.717, 1.165) is 16.5 Å². The van der Waals surface area contributed by atoms with Crippen LogP contribution in [0.3, 0.4) is 0 Å². The predicted octanol–water partition coefficient (Wildman–Crippen LogP) is 1.21. The lowest BCUT2D eigenvalue weighted by atomic mass is 10.1. The summed E-state index contributed by atoms with van der Waals surface area (Å²) in [6.07, 6.45) is 1.12. The number of nitrogens with one attached hydrogen (secondary N) is 2. The molecule has 6 heteroatoms. The summed E-state index contributed by atoms with van der Waals surface area (Å²) in [5, 5.41) is 14.5. The number of H-pyrrole nitrogens is 1. The number of ether oxygens (including phenoxy) is 1. The van der Waals surface area contributed by atoms with Crippen LogP contribution < -0.4 is 10.4 Å². The van der Waals surface area contributed by atoms with Crippen LogP contribution >= 0.6 is 0 Å². The summed E-state index contributed by atoms with van der Waals surface area (Å²) in [4.78, 5) is 25.9. The topological polar surface area (TPSA) is 94.2 Å². The van der Waals surface area contributed by atoms with Crippen LogP contribution in [0.2, 0.25) is 0 Å². The average molecular weight is 303 g/mol. The molecule has 2 N–H and O–H groups in total. The third-order valence-corrected chi connectivity index (χ3v) is 3.22. The molecular weight excluding hydrogens is 284 g/mol. The minimum absolute atomic E-state index is 0.128. The Bertz CT molecular complexity index is 663.